The van der Waals surface area contributed by atoms with Crippen LogP contribution in [-0.2, 0) is 15.6 Å². The number of carbonyl (C=O) groups excluding carboxylic acids is 1. The zero-order chi connectivity index (χ0) is 13.1. The van der Waals surface area contributed by atoms with Crippen LogP contribution in [0.1, 0.15) is 10.6 Å². The molecule has 0 aliphatic heterocycles. The minimum atomic E-state index is -1.71. The van der Waals surface area contributed by atoms with Gasteiger partial charge in [0.05, 0.1) is 5.75 Å². The summed E-state index contributed by atoms with van der Waals surface area (Å²) in [4.78, 5) is 22.1. The lowest BCUT2D eigenvalue weighted by molar-refractivity contribution is -0.133. The van der Waals surface area contributed by atoms with Crippen LogP contribution in [0.15, 0.2) is 34.7 Å². The highest BCUT2D eigenvalue weighted by Gasteiger charge is 2.16. The predicted molar refractivity (Wildman–Crippen MR) is 66.1 cm³/mol. The van der Waals surface area contributed by atoms with Crippen molar-refractivity contribution in [3.05, 3.63) is 36.1 Å². The van der Waals surface area contributed by atoms with Crippen LogP contribution >= 0.6 is 0 Å². The lowest BCUT2D eigenvalue weighted by atomic mass is 10.2. The van der Waals surface area contributed by atoms with E-state index in [1.165, 1.54) is 0 Å². The van der Waals surface area contributed by atoms with Gasteiger partial charge in [-0.05, 0) is 12.1 Å². The van der Waals surface area contributed by atoms with E-state index in [9.17, 15) is 13.8 Å². The molecule has 0 bridgehead atoms. The number of para-hydroxylation sites is 1. The second-order valence-corrected chi connectivity index (χ2v) is 5.15. The van der Waals surface area contributed by atoms with Gasteiger partial charge in [-0.2, -0.15) is 0 Å². The molecule has 0 saturated carbocycles. The summed E-state index contributed by atoms with van der Waals surface area (Å²) in [5, 5.41) is 9.24. The molecule has 5 nitrogen and oxygen atoms in total. The molecule has 1 N–H and O–H groups in total. The van der Waals surface area contributed by atoms with Crippen molar-refractivity contribution in [2.45, 2.75) is 0 Å². The van der Waals surface area contributed by atoms with Gasteiger partial charge in [-0.1, -0.05) is 18.2 Å². The van der Waals surface area contributed by atoms with Gasteiger partial charge in [-0.3, -0.25) is 13.8 Å². The molecule has 18 heavy (non-hydrogen) atoms. The molecule has 1 atom stereocenters. The van der Waals surface area contributed by atoms with Gasteiger partial charge in [0.25, 0.3) is 0 Å². The van der Waals surface area contributed by atoms with E-state index in [1.54, 1.807) is 24.3 Å². The third-order valence-electron chi connectivity index (χ3n) is 2.28. The average Bonchev–Trinajstić information content (AvgIpc) is 2.71. The molecule has 0 fully saturated rings. The molecule has 0 aliphatic rings. The zero-order valence-corrected chi connectivity index (χ0v) is 10.1. The molecule has 0 amide bonds. The number of hydrogen-bond acceptors (Lipinski definition) is 4. The maximum atomic E-state index is 11.7. The van der Waals surface area contributed by atoms with E-state index >= 15 is 0 Å². The second kappa shape index (κ2) is 5.14. The number of carboxylic acids is 1. The highest BCUT2D eigenvalue weighted by molar-refractivity contribution is 7.86. The van der Waals surface area contributed by atoms with Crippen molar-refractivity contribution in [2.24, 2.45) is 0 Å². The first-order chi connectivity index (χ1) is 8.56. The summed E-state index contributed by atoms with van der Waals surface area (Å²) in [7, 11) is -1.71. The number of Topliss-reactive ketones (excluding diaryl/α,β-unsaturated/α-hetero) is 1. The standard InChI is InChI=1S/C12H10O5S/c13-9(6-18(16)7-12(14)15)11-5-8-3-1-2-4-10(8)17-11/h1-5H,6-7H2,(H,14,15). The van der Waals surface area contributed by atoms with Crippen molar-refractivity contribution in [3.8, 4) is 0 Å². The first kappa shape index (κ1) is 12.5. The van der Waals surface area contributed by atoms with E-state index in [0.717, 1.165) is 5.39 Å². The Morgan fingerprint density at radius 2 is 1.94 bits per heavy atom. The summed E-state index contributed by atoms with van der Waals surface area (Å²) in [6.45, 7) is 0. The molecule has 2 rings (SSSR count). The Balaban J connectivity index is 2.13. The fourth-order valence-corrected chi connectivity index (χ4v) is 2.34. The average molecular weight is 266 g/mol. The van der Waals surface area contributed by atoms with Crippen molar-refractivity contribution in [1.82, 2.24) is 0 Å². The minimum Gasteiger partial charge on any atom is -0.481 e. The highest BCUT2D eigenvalue weighted by Crippen LogP contribution is 2.19. The van der Waals surface area contributed by atoms with Crippen LogP contribution in [0.25, 0.3) is 11.0 Å². The predicted octanol–water partition coefficient (Wildman–Crippen LogP) is 1.45. The molecule has 0 saturated heterocycles. The Hall–Kier alpha value is -1.95. The summed E-state index contributed by atoms with van der Waals surface area (Å²) in [5.74, 6) is -2.41. The van der Waals surface area contributed by atoms with Crippen LogP contribution in [0.2, 0.25) is 0 Å². The molecule has 0 aliphatic carbocycles. The molecule has 1 aromatic carbocycles. The monoisotopic (exact) mass is 266 g/mol. The Labute approximate surface area is 105 Å². The number of aliphatic carboxylic acids is 1. The summed E-state index contributed by atoms with van der Waals surface area (Å²) in [5.41, 5.74) is 0.574. The number of carboxylic acid groups (broad SMARTS) is 1. The minimum absolute atomic E-state index is 0.106. The van der Waals surface area contributed by atoms with Crippen LogP contribution in [0, 0.1) is 0 Å². The Morgan fingerprint density at radius 1 is 1.22 bits per heavy atom. The highest BCUT2D eigenvalue weighted by atomic mass is 32.2. The SMILES string of the molecule is O=C(O)CS(=O)CC(=O)c1cc2ccccc2o1. The number of carbonyl (C=O) groups is 2. The first-order valence-corrected chi connectivity index (χ1v) is 6.63. The van der Waals surface area contributed by atoms with E-state index in [0.29, 0.717) is 5.58 Å². The largest absolute Gasteiger partial charge is 0.481 e. The Kier molecular flexibility index (Phi) is 3.57. The number of fused-ring (bicyclic) bond motifs is 1. The van der Waals surface area contributed by atoms with Crippen LogP contribution in [0.4, 0.5) is 0 Å². The van der Waals surface area contributed by atoms with Gasteiger partial charge < -0.3 is 9.52 Å². The third kappa shape index (κ3) is 2.84. The lowest BCUT2D eigenvalue weighted by Gasteiger charge is -1.96. The summed E-state index contributed by atoms with van der Waals surface area (Å²) >= 11 is 0. The molecule has 1 unspecified atom stereocenters. The topological polar surface area (TPSA) is 84.6 Å². The van der Waals surface area contributed by atoms with Crippen LogP contribution < -0.4 is 0 Å². The van der Waals surface area contributed by atoms with E-state index in [4.69, 9.17) is 9.52 Å². The second-order valence-electron chi connectivity index (χ2n) is 3.69. The van der Waals surface area contributed by atoms with Gasteiger partial charge in [0, 0.05) is 16.2 Å². The molecule has 94 valence electrons. The van der Waals surface area contributed by atoms with Gasteiger partial charge in [-0.25, -0.2) is 0 Å². The lowest BCUT2D eigenvalue weighted by Crippen LogP contribution is -2.17. The molecule has 2 aromatic rings. The van der Waals surface area contributed by atoms with E-state index < -0.39 is 28.3 Å². The molecule has 0 spiro atoms. The maximum Gasteiger partial charge on any atom is 0.316 e. The molecule has 1 heterocycles. The van der Waals surface area contributed by atoms with E-state index in [1.807, 2.05) is 6.07 Å². The number of hydrogen-bond donors (Lipinski definition) is 1. The van der Waals surface area contributed by atoms with Gasteiger partial charge in [0.15, 0.2) is 5.76 Å². The van der Waals surface area contributed by atoms with Crippen molar-refractivity contribution in [1.29, 1.82) is 0 Å². The number of rotatable bonds is 5. The van der Waals surface area contributed by atoms with E-state index in [2.05, 4.69) is 0 Å². The molecule has 1 aromatic heterocycles. The van der Waals surface area contributed by atoms with Crippen LogP contribution in [-0.4, -0.2) is 32.6 Å². The summed E-state index contributed by atoms with van der Waals surface area (Å²) in [6.07, 6.45) is 0. The smallest absolute Gasteiger partial charge is 0.316 e. The number of furan rings is 1. The van der Waals surface area contributed by atoms with Crippen molar-refractivity contribution < 1.29 is 23.3 Å². The zero-order valence-electron chi connectivity index (χ0n) is 9.29. The summed E-state index contributed by atoms with van der Waals surface area (Å²) < 4.78 is 16.6. The quantitative estimate of drug-likeness (QED) is 0.828. The van der Waals surface area contributed by atoms with Crippen molar-refractivity contribution in [3.63, 3.8) is 0 Å². The number of benzene rings is 1. The van der Waals surface area contributed by atoms with Crippen molar-refractivity contribution >= 4 is 33.5 Å². The molecule has 6 heteroatoms. The molecular weight excluding hydrogens is 256 g/mol. The van der Waals surface area contributed by atoms with Gasteiger partial charge >= 0.3 is 5.97 Å². The fourth-order valence-electron chi connectivity index (χ4n) is 1.53. The normalized spacial score (nSPS) is 12.4. The summed E-state index contributed by atoms with van der Waals surface area (Å²) in [6, 6.07) is 8.68. The van der Waals surface area contributed by atoms with Crippen LogP contribution in [0.5, 0.6) is 0 Å². The van der Waals surface area contributed by atoms with E-state index in [-0.39, 0.29) is 11.5 Å². The van der Waals surface area contributed by atoms with Gasteiger partial charge in [-0.15, -0.1) is 0 Å². The fraction of sp³-hybridized carbons (Fsp3) is 0.167. The molecule has 0 radical (unpaired) electrons. The first-order valence-electron chi connectivity index (χ1n) is 5.15. The number of ketones is 1. The Bertz CT molecular complexity index is 595. The maximum absolute atomic E-state index is 11.7. The third-order valence-corrected chi connectivity index (χ3v) is 3.43. The van der Waals surface area contributed by atoms with Crippen molar-refractivity contribution in [2.75, 3.05) is 11.5 Å². The van der Waals surface area contributed by atoms with Gasteiger partial charge in [0.1, 0.15) is 11.3 Å². The van der Waals surface area contributed by atoms with Crippen LogP contribution in [0.3, 0.4) is 0 Å². The Morgan fingerprint density at radius 3 is 2.61 bits per heavy atom. The molecular formula is C12H10O5S. The van der Waals surface area contributed by atoms with Gasteiger partial charge in [0.2, 0.25) is 5.78 Å².